The Morgan fingerprint density at radius 2 is 1.62 bits per heavy atom. The molecule has 0 aliphatic carbocycles. The second-order valence-electron chi connectivity index (χ2n) is 1.22. The molecule has 0 radical (unpaired) electrons. The maximum atomic E-state index is 3.95. The van der Waals surface area contributed by atoms with Crippen LogP contribution >= 0.6 is 12.4 Å². The summed E-state index contributed by atoms with van der Waals surface area (Å²) in [5, 5.41) is 9.97. The van der Waals surface area contributed by atoms with Crippen LogP contribution in [0.1, 0.15) is 0 Å². The SMILES string of the molecule is C1[N-]CNCN1.Cl.[Ti]. The topological polar surface area (TPSA) is 38.2 Å². The molecule has 0 saturated carbocycles. The molecule has 1 aliphatic rings. The average molecular weight is 170 g/mol. The van der Waals surface area contributed by atoms with E-state index in [9.17, 15) is 0 Å². The van der Waals surface area contributed by atoms with Crippen LogP contribution in [0.2, 0.25) is 0 Å². The van der Waals surface area contributed by atoms with Crippen molar-refractivity contribution in [2.45, 2.75) is 0 Å². The number of halogens is 1. The molecule has 1 aliphatic heterocycles. The Morgan fingerprint density at radius 1 is 1.12 bits per heavy atom. The summed E-state index contributed by atoms with van der Waals surface area (Å²) in [4.78, 5) is 0. The molecule has 0 aromatic heterocycles. The van der Waals surface area contributed by atoms with Crippen LogP contribution in [0.25, 0.3) is 5.32 Å². The van der Waals surface area contributed by atoms with Gasteiger partial charge in [-0.1, -0.05) is 13.3 Å². The molecule has 0 bridgehead atoms. The van der Waals surface area contributed by atoms with Crippen molar-refractivity contribution in [2.24, 2.45) is 0 Å². The van der Waals surface area contributed by atoms with Gasteiger partial charge in [0.15, 0.2) is 0 Å². The van der Waals surface area contributed by atoms with Crippen molar-refractivity contribution in [3.8, 4) is 0 Å². The molecule has 1 heterocycles. The molecule has 0 amide bonds. The minimum absolute atomic E-state index is 0. The van der Waals surface area contributed by atoms with Crippen LogP contribution in [0.3, 0.4) is 0 Å². The fraction of sp³-hybridized carbons (Fsp3) is 1.00. The van der Waals surface area contributed by atoms with E-state index in [-0.39, 0.29) is 34.1 Å². The van der Waals surface area contributed by atoms with E-state index in [1.807, 2.05) is 0 Å². The third-order valence-corrected chi connectivity index (χ3v) is 0.697. The van der Waals surface area contributed by atoms with E-state index in [1.54, 1.807) is 0 Å². The summed E-state index contributed by atoms with van der Waals surface area (Å²) < 4.78 is 0. The molecule has 1 fully saturated rings. The van der Waals surface area contributed by atoms with Crippen molar-refractivity contribution in [3.05, 3.63) is 5.32 Å². The van der Waals surface area contributed by atoms with Gasteiger partial charge < -0.3 is 16.0 Å². The maximum absolute atomic E-state index is 3.95. The first-order chi connectivity index (χ1) is 3.00. The first-order valence-corrected chi connectivity index (χ1v) is 2.05. The van der Waals surface area contributed by atoms with Crippen molar-refractivity contribution in [1.29, 1.82) is 0 Å². The first kappa shape index (κ1) is 11.7. The van der Waals surface area contributed by atoms with Crippen LogP contribution in [-0.2, 0) is 21.7 Å². The minimum atomic E-state index is 0. The molecule has 2 N–H and O–H groups in total. The van der Waals surface area contributed by atoms with E-state index >= 15 is 0 Å². The normalized spacial score (nSPS) is 18.0. The minimum Gasteiger partial charge on any atom is -0.638 e. The smallest absolute Gasteiger partial charge is 0.0422 e. The number of hydrogen-bond donors (Lipinski definition) is 2. The fourth-order valence-electron chi connectivity index (χ4n) is 0.414. The summed E-state index contributed by atoms with van der Waals surface area (Å²) in [6.07, 6.45) is 0. The number of nitrogens with one attached hydrogen (secondary N) is 2. The zero-order valence-electron chi connectivity index (χ0n) is 4.48. The van der Waals surface area contributed by atoms with Gasteiger partial charge in [-0.2, -0.15) is 0 Å². The van der Waals surface area contributed by atoms with Crippen molar-refractivity contribution in [1.82, 2.24) is 10.6 Å². The van der Waals surface area contributed by atoms with Crippen LogP contribution in [0.4, 0.5) is 0 Å². The predicted octanol–water partition coefficient (Wildman–Crippen LogP) is -0.155. The van der Waals surface area contributed by atoms with Crippen molar-refractivity contribution in [3.63, 3.8) is 0 Å². The fourth-order valence-corrected chi connectivity index (χ4v) is 0.414. The third kappa shape index (κ3) is 5.03. The van der Waals surface area contributed by atoms with Gasteiger partial charge in [0.05, 0.1) is 0 Å². The van der Waals surface area contributed by atoms with E-state index in [0.717, 1.165) is 20.0 Å². The standard InChI is InChI=1S/C3H8N3.ClH.Ti/c1-4-2-6-3-5-1;;/h4-5H,1-3H2;1H;/q-1;;. The Kier molecular flexibility index (Phi) is 11.5. The Morgan fingerprint density at radius 3 is 1.75 bits per heavy atom. The van der Waals surface area contributed by atoms with Crippen LogP contribution in [0.5, 0.6) is 0 Å². The Balaban J connectivity index is 0. The van der Waals surface area contributed by atoms with Gasteiger partial charge in [-0.05, 0) is 0 Å². The second kappa shape index (κ2) is 7.88. The predicted molar refractivity (Wildman–Crippen MR) is 31.5 cm³/mol. The van der Waals surface area contributed by atoms with Gasteiger partial charge >= 0.3 is 0 Å². The first-order valence-electron chi connectivity index (χ1n) is 2.05. The Hall–Kier alpha value is 0.884. The summed E-state index contributed by atoms with van der Waals surface area (Å²) in [6.45, 7) is 2.53. The Labute approximate surface area is 70.3 Å². The third-order valence-electron chi connectivity index (χ3n) is 0.697. The molecule has 0 aromatic carbocycles. The van der Waals surface area contributed by atoms with Crippen LogP contribution in [0.15, 0.2) is 0 Å². The van der Waals surface area contributed by atoms with E-state index < -0.39 is 0 Å². The van der Waals surface area contributed by atoms with Gasteiger partial charge in [-0.25, -0.2) is 0 Å². The van der Waals surface area contributed by atoms with E-state index in [4.69, 9.17) is 0 Å². The van der Waals surface area contributed by atoms with Crippen molar-refractivity contribution < 1.29 is 21.7 Å². The van der Waals surface area contributed by atoms with Gasteiger partial charge in [0.25, 0.3) is 0 Å². The number of nitrogens with zero attached hydrogens (tertiary/aromatic N) is 1. The van der Waals surface area contributed by atoms with Crippen LogP contribution in [-0.4, -0.2) is 20.0 Å². The molecular formula is C3H9ClN3Ti-. The van der Waals surface area contributed by atoms with Crippen LogP contribution < -0.4 is 10.6 Å². The van der Waals surface area contributed by atoms with E-state index in [1.165, 1.54) is 0 Å². The van der Waals surface area contributed by atoms with Gasteiger partial charge in [-0.15, -0.1) is 12.4 Å². The van der Waals surface area contributed by atoms with E-state index in [2.05, 4.69) is 16.0 Å². The Bertz CT molecular complexity index is 30.0. The zero-order valence-corrected chi connectivity index (χ0v) is 6.85. The second-order valence-corrected chi connectivity index (χ2v) is 1.22. The summed E-state index contributed by atoms with van der Waals surface area (Å²) >= 11 is 0. The van der Waals surface area contributed by atoms with E-state index in [0.29, 0.717) is 0 Å². The average Bonchev–Trinajstić information content (AvgIpc) is 1.72. The van der Waals surface area contributed by atoms with Gasteiger partial charge in [0.2, 0.25) is 0 Å². The molecule has 8 heavy (non-hydrogen) atoms. The largest absolute Gasteiger partial charge is 0.638 e. The molecule has 48 valence electrons. The van der Waals surface area contributed by atoms with Gasteiger partial charge in [0.1, 0.15) is 0 Å². The van der Waals surface area contributed by atoms with Crippen molar-refractivity contribution in [2.75, 3.05) is 20.0 Å². The molecule has 3 nitrogen and oxygen atoms in total. The molecular weight excluding hydrogens is 161 g/mol. The molecule has 1 rings (SSSR count). The molecule has 0 spiro atoms. The maximum Gasteiger partial charge on any atom is 0.0422 e. The monoisotopic (exact) mass is 170 g/mol. The quantitative estimate of drug-likeness (QED) is 0.496. The summed E-state index contributed by atoms with van der Waals surface area (Å²) in [5.41, 5.74) is 0. The molecule has 5 heteroatoms. The molecule has 1 saturated heterocycles. The summed E-state index contributed by atoms with van der Waals surface area (Å²) in [5.74, 6) is 0. The summed E-state index contributed by atoms with van der Waals surface area (Å²) in [7, 11) is 0. The summed E-state index contributed by atoms with van der Waals surface area (Å²) in [6, 6.07) is 0. The zero-order chi connectivity index (χ0) is 4.24. The number of hydrogen-bond acceptors (Lipinski definition) is 2. The van der Waals surface area contributed by atoms with Crippen molar-refractivity contribution >= 4 is 12.4 Å². The van der Waals surface area contributed by atoms with Crippen LogP contribution in [0, 0.1) is 0 Å². The van der Waals surface area contributed by atoms with Gasteiger partial charge in [0, 0.05) is 28.4 Å². The van der Waals surface area contributed by atoms with Gasteiger partial charge in [-0.3, -0.25) is 0 Å². The number of rotatable bonds is 0. The molecule has 0 aromatic rings. The molecule has 0 atom stereocenters. The molecule has 0 unspecified atom stereocenters.